The zero-order valence-corrected chi connectivity index (χ0v) is 14.6. The normalized spacial score (nSPS) is 17.2. The van der Waals surface area contributed by atoms with Crippen molar-refractivity contribution in [2.45, 2.75) is 32.1 Å². The Labute approximate surface area is 147 Å². The summed E-state index contributed by atoms with van der Waals surface area (Å²) < 4.78 is 11.3. The minimum atomic E-state index is 0.127. The lowest BCUT2D eigenvalue weighted by Gasteiger charge is -2.32. The highest BCUT2D eigenvalue weighted by Gasteiger charge is 2.28. The van der Waals surface area contributed by atoms with Crippen LogP contribution in [0.1, 0.15) is 37.8 Å². The molecule has 0 saturated carbocycles. The molecule has 132 valence electrons. The van der Waals surface area contributed by atoms with E-state index < -0.39 is 0 Å². The quantitative estimate of drug-likeness (QED) is 0.834. The number of likely N-dealkylation sites (tertiary alicyclic amines) is 1. The van der Waals surface area contributed by atoms with E-state index in [1.807, 2.05) is 36.1 Å². The van der Waals surface area contributed by atoms with Gasteiger partial charge in [0, 0.05) is 37.8 Å². The van der Waals surface area contributed by atoms with Gasteiger partial charge >= 0.3 is 0 Å². The maximum Gasteiger partial charge on any atom is 0.241 e. The number of rotatable bonds is 5. The maximum atomic E-state index is 12.0. The Morgan fingerprint density at radius 1 is 1.24 bits per heavy atom. The van der Waals surface area contributed by atoms with Gasteiger partial charge in [0.25, 0.3) is 0 Å². The second kappa shape index (κ2) is 7.96. The maximum absolute atomic E-state index is 12.0. The van der Waals surface area contributed by atoms with Crippen molar-refractivity contribution in [1.82, 2.24) is 14.9 Å². The molecule has 0 aliphatic carbocycles. The number of amides is 1. The van der Waals surface area contributed by atoms with Crippen molar-refractivity contribution in [2.75, 3.05) is 20.2 Å². The number of hydrogen-bond donors (Lipinski definition) is 0. The van der Waals surface area contributed by atoms with E-state index in [0.717, 1.165) is 25.1 Å². The van der Waals surface area contributed by atoms with Crippen LogP contribution in [0.15, 0.2) is 36.7 Å². The van der Waals surface area contributed by atoms with Gasteiger partial charge in [0.2, 0.25) is 11.8 Å². The number of piperidine rings is 1. The fourth-order valence-electron chi connectivity index (χ4n) is 3.15. The Morgan fingerprint density at radius 3 is 2.76 bits per heavy atom. The van der Waals surface area contributed by atoms with Crippen molar-refractivity contribution in [1.29, 1.82) is 0 Å². The van der Waals surface area contributed by atoms with Crippen molar-refractivity contribution >= 4 is 5.91 Å². The van der Waals surface area contributed by atoms with E-state index in [1.165, 1.54) is 0 Å². The minimum Gasteiger partial charge on any atom is -0.493 e. The van der Waals surface area contributed by atoms with Crippen molar-refractivity contribution in [2.24, 2.45) is 0 Å². The number of methoxy groups -OCH3 is 1. The molecular weight excluding hydrogens is 318 g/mol. The lowest BCUT2D eigenvalue weighted by atomic mass is 9.94. The van der Waals surface area contributed by atoms with E-state index in [1.54, 1.807) is 19.5 Å². The first-order valence-corrected chi connectivity index (χ1v) is 8.62. The standard InChI is InChI=1S/C19H23N3O3/c1-3-17(23)22-12-6-7-14(13-22)18-19(21-11-10-20-18)25-16-9-5-4-8-15(16)24-2/h4-5,8-11,14H,3,6-7,12-13H2,1-2H3/t14-/m0/s1. The fraction of sp³-hybridized carbons (Fsp3) is 0.421. The number of carbonyl (C=O) groups excluding carboxylic acids is 1. The van der Waals surface area contributed by atoms with E-state index >= 15 is 0 Å². The molecule has 1 aliphatic rings. The summed E-state index contributed by atoms with van der Waals surface area (Å²) in [5.74, 6) is 2.03. The first-order valence-electron chi connectivity index (χ1n) is 8.62. The summed E-state index contributed by atoms with van der Waals surface area (Å²) in [4.78, 5) is 22.8. The molecule has 6 heteroatoms. The van der Waals surface area contributed by atoms with Crippen LogP contribution in [-0.4, -0.2) is 41.0 Å². The number of benzene rings is 1. The lowest BCUT2D eigenvalue weighted by molar-refractivity contribution is -0.132. The third-order valence-corrected chi connectivity index (χ3v) is 4.43. The number of carbonyl (C=O) groups is 1. The van der Waals surface area contributed by atoms with Crippen LogP contribution in [0.2, 0.25) is 0 Å². The summed E-state index contributed by atoms with van der Waals surface area (Å²) in [5.41, 5.74) is 0.794. The highest BCUT2D eigenvalue weighted by molar-refractivity contribution is 5.76. The van der Waals surface area contributed by atoms with Gasteiger partial charge in [0.15, 0.2) is 11.5 Å². The van der Waals surface area contributed by atoms with Crippen molar-refractivity contribution in [3.63, 3.8) is 0 Å². The van der Waals surface area contributed by atoms with Gasteiger partial charge in [-0.05, 0) is 25.0 Å². The number of aromatic nitrogens is 2. The smallest absolute Gasteiger partial charge is 0.241 e. The number of para-hydroxylation sites is 2. The topological polar surface area (TPSA) is 64.6 Å². The van der Waals surface area contributed by atoms with Crippen LogP contribution in [0.25, 0.3) is 0 Å². The molecular formula is C19H23N3O3. The largest absolute Gasteiger partial charge is 0.493 e. The molecule has 2 aromatic rings. The monoisotopic (exact) mass is 341 g/mol. The van der Waals surface area contributed by atoms with Gasteiger partial charge in [0.1, 0.15) is 5.69 Å². The van der Waals surface area contributed by atoms with Gasteiger partial charge < -0.3 is 14.4 Å². The second-order valence-electron chi connectivity index (χ2n) is 6.03. The van der Waals surface area contributed by atoms with Crippen LogP contribution in [0.3, 0.4) is 0 Å². The first kappa shape index (κ1) is 17.2. The summed E-state index contributed by atoms with van der Waals surface area (Å²) in [5, 5.41) is 0. The third-order valence-electron chi connectivity index (χ3n) is 4.43. The molecule has 0 radical (unpaired) electrons. The Bertz CT molecular complexity index is 735. The molecule has 1 aliphatic heterocycles. The molecule has 0 bridgehead atoms. The molecule has 2 heterocycles. The molecule has 3 rings (SSSR count). The van der Waals surface area contributed by atoms with Crippen LogP contribution in [0.5, 0.6) is 17.4 Å². The molecule has 0 spiro atoms. The minimum absolute atomic E-state index is 0.127. The summed E-state index contributed by atoms with van der Waals surface area (Å²) in [6, 6.07) is 7.45. The molecule has 0 N–H and O–H groups in total. The average Bonchev–Trinajstić information content (AvgIpc) is 2.68. The molecule has 1 aromatic heterocycles. The number of ether oxygens (including phenoxy) is 2. The van der Waals surface area contributed by atoms with Gasteiger partial charge in [-0.25, -0.2) is 4.98 Å². The van der Waals surface area contributed by atoms with Gasteiger partial charge in [-0.15, -0.1) is 0 Å². The fourth-order valence-corrected chi connectivity index (χ4v) is 3.15. The van der Waals surface area contributed by atoms with Crippen LogP contribution in [0, 0.1) is 0 Å². The molecule has 6 nitrogen and oxygen atoms in total. The van der Waals surface area contributed by atoms with Gasteiger partial charge in [-0.3, -0.25) is 9.78 Å². The van der Waals surface area contributed by atoms with E-state index in [2.05, 4.69) is 9.97 Å². The summed E-state index contributed by atoms with van der Waals surface area (Å²) in [6.45, 7) is 3.37. The molecule has 1 atom stereocenters. The summed E-state index contributed by atoms with van der Waals surface area (Å²) in [6.07, 6.45) is 5.74. The average molecular weight is 341 g/mol. The molecule has 1 saturated heterocycles. The molecule has 1 fully saturated rings. The molecule has 1 aromatic carbocycles. The third kappa shape index (κ3) is 3.90. The summed E-state index contributed by atoms with van der Waals surface area (Å²) in [7, 11) is 1.61. The lowest BCUT2D eigenvalue weighted by Crippen LogP contribution is -2.39. The van der Waals surface area contributed by atoms with Gasteiger partial charge in [0.05, 0.1) is 7.11 Å². The van der Waals surface area contributed by atoms with Crippen molar-refractivity contribution in [3.8, 4) is 17.4 Å². The van der Waals surface area contributed by atoms with E-state index in [-0.39, 0.29) is 11.8 Å². The predicted octanol–water partition coefficient (Wildman–Crippen LogP) is 3.39. The van der Waals surface area contributed by atoms with Crippen LogP contribution in [0.4, 0.5) is 0 Å². The summed E-state index contributed by atoms with van der Waals surface area (Å²) >= 11 is 0. The van der Waals surface area contributed by atoms with Crippen LogP contribution < -0.4 is 9.47 Å². The van der Waals surface area contributed by atoms with E-state index in [4.69, 9.17) is 9.47 Å². The molecule has 25 heavy (non-hydrogen) atoms. The van der Waals surface area contributed by atoms with E-state index in [9.17, 15) is 4.79 Å². The Kier molecular flexibility index (Phi) is 5.48. The molecule has 1 amide bonds. The second-order valence-corrected chi connectivity index (χ2v) is 6.03. The SMILES string of the molecule is CCC(=O)N1CCC[C@H](c2nccnc2Oc2ccccc2OC)C1. The van der Waals surface area contributed by atoms with E-state index in [0.29, 0.717) is 30.3 Å². The van der Waals surface area contributed by atoms with Crippen molar-refractivity contribution < 1.29 is 14.3 Å². The van der Waals surface area contributed by atoms with Crippen molar-refractivity contribution in [3.05, 3.63) is 42.4 Å². The molecule has 0 unspecified atom stereocenters. The van der Waals surface area contributed by atoms with Gasteiger partial charge in [-0.2, -0.15) is 0 Å². The number of nitrogens with zero attached hydrogens (tertiary/aromatic N) is 3. The highest BCUT2D eigenvalue weighted by Crippen LogP contribution is 2.35. The van der Waals surface area contributed by atoms with Gasteiger partial charge in [-0.1, -0.05) is 19.1 Å². The zero-order chi connectivity index (χ0) is 17.6. The Morgan fingerprint density at radius 2 is 2.00 bits per heavy atom. The number of hydrogen-bond acceptors (Lipinski definition) is 5. The Hall–Kier alpha value is -2.63. The Balaban J connectivity index is 1.84. The zero-order valence-electron chi connectivity index (χ0n) is 14.6. The highest BCUT2D eigenvalue weighted by atomic mass is 16.5. The van der Waals surface area contributed by atoms with Crippen LogP contribution >= 0.6 is 0 Å². The first-order chi connectivity index (χ1) is 12.2. The van der Waals surface area contributed by atoms with Crippen LogP contribution in [-0.2, 0) is 4.79 Å². The predicted molar refractivity (Wildman–Crippen MR) is 93.9 cm³/mol.